The van der Waals surface area contributed by atoms with E-state index in [4.69, 9.17) is 0 Å². The molecule has 2 rings (SSSR count). The minimum atomic E-state index is 0.379. The fourth-order valence-electron chi connectivity index (χ4n) is 3.97. The summed E-state index contributed by atoms with van der Waals surface area (Å²) in [7, 11) is 2.18. The lowest BCUT2D eigenvalue weighted by atomic mass is 10.1. The lowest BCUT2D eigenvalue weighted by Gasteiger charge is -2.31. The molecule has 1 unspecified atom stereocenters. The van der Waals surface area contributed by atoms with Gasteiger partial charge in [-0.15, -0.1) is 0 Å². The van der Waals surface area contributed by atoms with Crippen molar-refractivity contribution in [1.82, 2.24) is 9.80 Å². The van der Waals surface area contributed by atoms with Gasteiger partial charge in [0.05, 0.1) is 0 Å². The van der Waals surface area contributed by atoms with Crippen LogP contribution in [0.25, 0.3) is 0 Å². The molecule has 1 heterocycles. The number of benzene rings is 1. The molecule has 2 heteroatoms. The summed E-state index contributed by atoms with van der Waals surface area (Å²) >= 11 is 0. The number of unbranched alkanes of at least 4 members (excludes halogenated alkanes) is 11. The Morgan fingerprint density at radius 3 is 1.81 bits per heavy atom. The third-order valence-corrected chi connectivity index (χ3v) is 5.56. The van der Waals surface area contributed by atoms with E-state index in [1.807, 2.05) is 0 Å². The average molecular weight is 357 g/mol. The smallest absolute Gasteiger partial charge is 0.127 e. The van der Waals surface area contributed by atoms with Gasteiger partial charge in [0.25, 0.3) is 0 Å². The predicted octanol–water partition coefficient (Wildman–Crippen LogP) is 7.10. The van der Waals surface area contributed by atoms with E-state index in [0.717, 1.165) is 6.54 Å². The number of hydrogen-bond donors (Lipinski definition) is 0. The Kier molecular flexibility index (Phi) is 10.3. The van der Waals surface area contributed by atoms with Gasteiger partial charge in [-0.05, 0) is 12.0 Å². The molecule has 1 aliphatic rings. The Labute approximate surface area is 162 Å². The first-order valence-electron chi connectivity index (χ1n) is 11.0. The second-order valence-corrected chi connectivity index (χ2v) is 7.87. The van der Waals surface area contributed by atoms with Crippen LogP contribution in [0.4, 0.5) is 0 Å². The average Bonchev–Trinajstić information content (AvgIpc) is 3.04. The monoisotopic (exact) mass is 356 g/mol. The molecular formula is C24H40N2. The summed E-state index contributed by atoms with van der Waals surface area (Å²) in [4.78, 5) is 4.81. The highest BCUT2D eigenvalue weighted by Crippen LogP contribution is 2.29. The lowest BCUT2D eigenvalue weighted by molar-refractivity contribution is 0.176. The van der Waals surface area contributed by atoms with Crippen LogP contribution in [-0.2, 0) is 0 Å². The van der Waals surface area contributed by atoms with Crippen molar-refractivity contribution < 1.29 is 0 Å². The van der Waals surface area contributed by atoms with Crippen molar-refractivity contribution in [3.63, 3.8) is 0 Å². The van der Waals surface area contributed by atoms with Crippen LogP contribution < -0.4 is 0 Å². The quantitative estimate of drug-likeness (QED) is 0.328. The Hall–Kier alpha value is -1.44. The van der Waals surface area contributed by atoms with E-state index < -0.39 is 0 Å². The van der Waals surface area contributed by atoms with Crippen molar-refractivity contribution in [3.05, 3.63) is 48.3 Å². The zero-order chi connectivity index (χ0) is 18.5. The first-order valence-corrected chi connectivity index (χ1v) is 11.0. The van der Waals surface area contributed by atoms with Crippen LogP contribution in [0.5, 0.6) is 0 Å². The maximum atomic E-state index is 2.49. The van der Waals surface area contributed by atoms with Crippen molar-refractivity contribution in [2.45, 2.75) is 90.1 Å². The van der Waals surface area contributed by atoms with Gasteiger partial charge in [0.15, 0.2) is 0 Å². The van der Waals surface area contributed by atoms with E-state index in [1.165, 1.54) is 82.6 Å². The van der Waals surface area contributed by atoms with E-state index in [1.54, 1.807) is 0 Å². The second-order valence-electron chi connectivity index (χ2n) is 7.87. The lowest BCUT2D eigenvalue weighted by Crippen LogP contribution is -2.29. The van der Waals surface area contributed by atoms with E-state index in [9.17, 15) is 0 Å². The van der Waals surface area contributed by atoms with Gasteiger partial charge in [-0.2, -0.15) is 0 Å². The number of nitrogens with zero attached hydrogens (tertiary/aromatic N) is 2. The molecule has 0 saturated carbocycles. The minimum Gasteiger partial charge on any atom is -0.355 e. The van der Waals surface area contributed by atoms with Gasteiger partial charge in [0.1, 0.15) is 6.17 Å². The predicted molar refractivity (Wildman–Crippen MR) is 114 cm³/mol. The van der Waals surface area contributed by atoms with Crippen molar-refractivity contribution in [2.75, 3.05) is 13.6 Å². The number of hydrogen-bond acceptors (Lipinski definition) is 2. The van der Waals surface area contributed by atoms with Crippen LogP contribution in [0.15, 0.2) is 42.7 Å². The summed E-state index contributed by atoms with van der Waals surface area (Å²) in [5.41, 5.74) is 1.39. The van der Waals surface area contributed by atoms with Gasteiger partial charge in [-0.25, -0.2) is 0 Å². The Balaban J connectivity index is 1.50. The normalized spacial score (nSPS) is 16.6. The molecular weight excluding hydrogens is 316 g/mol. The van der Waals surface area contributed by atoms with Gasteiger partial charge >= 0.3 is 0 Å². The largest absolute Gasteiger partial charge is 0.355 e. The Morgan fingerprint density at radius 2 is 1.23 bits per heavy atom. The van der Waals surface area contributed by atoms with Gasteiger partial charge in [-0.1, -0.05) is 108 Å². The molecule has 26 heavy (non-hydrogen) atoms. The highest BCUT2D eigenvalue weighted by atomic mass is 15.4. The van der Waals surface area contributed by atoms with Gasteiger partial charge in [0, 0.05) is 26.0 Å². The van der Waals surface area contributed by atoms with Crippen molar-refractivity contribution in [3.8, 4) is 0 Å². The van der Waals surface area contributed by atoms with E-state index >= 15 is 0 Å². The maximum absolute atomic E-state index is 2.49. The van der Waals surface area contributed by atoms with Gasteiger partial charge < -0.3 is 9.80 Å². The molecule has 0 N–H and O–H groups in total. The summed E-state index contributed by atoms with van der Waals surface area (Å²) in [5, 5.41) is 0. The third kappa shape index (κ3) is 7.43. The fourth-order valence-corrected chi connectivity index (χ4v) is 3.97. The molecule has 0 spiro atoms. The minimum absolute atomic E-state index is 0.379. The molecule has 0 aliphatic carbocycles. The van der Waals surface area contributed by atoms with E-state index in [0.29, 0.717) is 6.17 Å². The zero-order valence-electron chi connectivity index (χ0n) is 17.2. The Morgan fingerprint density at radius 1 is 0.692 bits per heavy atom. The van der Waals surface area contributed by atoms with Crippen molar-refractivity contribution >= 4 is 0 Å². The summed E-state index contributed by atoms with van der Waals surface area (Å²) in [6.45, 7) is 3.46. The Bertz CT molecular complexity index is 482. The molecule has 1 aromatic carbocycles. The summed E-state index contributed by atoms with van der Waals surface area (Å²) in [6.07, 6.45) is 21.8. The number of rotatable bonds is 14. The van der Waals surface area contributed by atoms with Gasteiger partial charge in [0.2, 0.25) is 0 Å². The van der Waals surface area contributed by atoms with Gasteiger partial charge in [-0.3, -0.25) is 0 Å². The van der Waals surface area contributed by atoms with Crippen LogP contribution in [0, 0.1) is 0 Å². The summed E-state index contributed by atoms with van der Waals surface area (Å²) in [6, 6.07) is 10.9. The molecule has 0 bridgehead atoms. The molecule has 1 aliphatic heterocycles. The first-order chi connectivity index (χ1) is 12.8. The topological polar surface area (TPSA) is 6.48 Å². The summed E-state index contributed by atoms with van der Waals surface area (Å²) < 4.78 is 0. The molecule has 0 amide bonds. The first kappa shape index (κ1) is 20.9. The summed E-state index contributed by atoms with van der Waals surface area (Å²) in [5.74, 6) is 0. The molecule has 2 nitrogen and oxygen atoms in total. The molecule has 0 aromatic heterocycles. The molecule has 0 fully saturated rings. The second kappa shape index (κ2) is 12.8. The van der Waals surface area contributed by atoms with Crippen LogP contribution >= 0.6 is 0 Å². The van der Waals surface area contributed by atoms with Crippen LogP contribution in [0.2, 0.25) is 0 Å². The van der Waals surface area contributed by atoms with Crippen LogP contribution in [0.3, 0.4) is 0 Å². The van der Waals surface area contributed by atoms with Crippen molar-refractivity contribution in [2.24, 2.45) is 0 Å². The molecule has 1 aromatic rings. The molecule has 1 atom stereocenters. The molecule has 146 valence electrons. The fraction of sp³-hybridized carbons (Fsp3) is 0.667. The maximum Gasteiger partial charge on any atom is 0.127 e. The van der Waals surface area contributed by atoms with E-state index in [-0.39, 0.29) is 0 Å². The highest BCUT2D eigenvalue weighted by molar-refractivity contribution is 5.21. The third-order valence-electron chi connectivity index (χ3n) is 5.56. The van der Waals surface area contributed by atoms with E-state index in [2.05, 4.69) is 66.5 Å². The SMILES string of the molecule is CCCCCCCCCCCCCCN1C=CN(C)C1c1ccccc1. The zero-order valence-corrected chi connectivity index (χ0v) is 17.2. The van der Waals surface area contributed by atoms with Crippen LogP contribution in [0.1, 0.15) is 95.7 Å². The van der Waals surface area contributed by atoms with Crippen LogP contribution in [-0.4, -0.2) is 23.4 Å². The highest BCUT2D eigenvalue weighted by Gasteiger charge is 2.24. The standard InChI is InChI=1S/C24H40N2/c1-3-4-5-6-7-8-9-10-11-12-13-17-20-26-22-21-25(2)24(26)23-18-15-14-16-19-23/h14-16,18-19,21-22,24H,3-13,17,20H2,1-2H3. The molecule has 0 radical (unpaired) electrons. The van der Waals surface area contributed by atoms with Crippen molar-refractivity contribution in [1.29, 1.82) is 0 Å². The molecule has 0 saturated heterocycles.